The predicted octanol–water partition coefficient (Wildman–Crippen LogP) is 5.37. The van der Waals surface area contributed by atoms with Crippen LogP contribution in [0.2, 0.25) is 18.1 Å². The number of hydrogen-bond acceptors (Lipinski definition) is 1. The highest BCUT2D eigenvalue weighted by Gasteiger charge is 2.36. The zero-order valence-electron chi connectivity index (χ0n) is 13.6. The summed E-state index contributed by atoms with van der Waals surface area (Å²) in [6.45, 7) is 12.4. The molecule has 2 heteroatoms. The average Bonchev–Trinajstić information content (AvgIpc) is 2.33. The third-order valence-corrected chi connectivity index (χ3v) is 9.16. The molecule has 0 aromatic heterocycles. The molecule has 0 spiro atoms. The first-order valence-corrected chi connectivity index (χ1v) is 10.9. The van der Waals surface area contributed by atoms with E-state index in [1.165, 1.54) is 32.1 Å². The molecule has 0 atom stereocenters. The van der Waals surface area contributed by atoms with Gasteiger partial charge in [0.2, 0.25) is 0 Å². The first-order valence-electron chi connectivity index (χ1n) is 7.95. The Bertz CT molecular complexity index is 310. The molecule has 0 radical (unpaired) electrons. The largest absolute Gasteiger partial charge is 0.417 e. The van der Waals surface area contributed by atoms with Gasteiger partial charge in [0.05, 0.1) is 0 Å². The molecular formula is C17H32OSi. The highest BCUT2D eigenvalue weighted by molar-refractivity contribution is 6.74. The standard InChI is InChI=1S/C17H32OSi/c1-17(2,3)19(4,5)18-15-11-7-10-14-16-12-8-6-9-13-16/h16H,6-9,11-13,15H2,1-5H3. The van der Waals surface area contributed by atoms with Crippen LogP contribution in [0.5, 0.6) is 0 Å². The molecule has 1 nitrogen and oxygen atoms in total. The SMILES string of the molecule is CC(C)(C)[Si](C)(C)OCCCC#CC1CCCCC1. The van der Waals surface area contributed by atoms with Crippen molar-refractivity contribution < 1.29 is 4.43 Å². The van der Waals surface area contributed by atoms with Gasteiger partial charge in [0.1, 0.15) is 0 Å². The number of hydrogen-bond donors (Lipinski definition) is 0. The van der Waals surface area contributed by atoms with E-state index in [2.05, 4.69) is 45.7 Å². The van der Waals surface area contributed by atoms with Gasteiger partial charge in [-0.2, -0.15) is 0 Å². The van der Waals surface area contributed by atoms with Crippen LogP contribution < -0.4 is 0 Å². The smallest absolute Gasteiger partial charge is 0.191 e. The Labute approximate surface area is 121 Å². The Hall–Kier alpha value is -0.263. The van der Waals surface area contributed by atoms with Crippen LogP contribution in [0.1, 0.15) is 65.7 Å². The summed E-state index contributed by atoms with van der Waals surface area (Å²) in [6, 6.07) is 0. The second-order valence-electron chi connectivity index (χ2n) is 7.37. The first-order chi connectivity index (χ1) is 8.83. The molecule has 0 N–H and O–H groups in total. The molecule has 19 heavy (non-hydrogen) atoms. The molecule has 1 fully saturated rings. The van der Waals surface area contributed by atoms with Gasteiger partial charge in [-0.05, 0) is 37.4 Å². The maximum Gasteiger partial charge on any atom is 0.191 e. The zero-order valence-corrected chi connectivity index (χ0v) is 14.6. The molecule has 0 unspecified atom stereocenters. The topological polar surface area (TPSA) is 9.23 Å². The summed E-state index contributed by atoms with van der Waals surface area (Å²) in [5.41, 5.74) is 0. The molecule has 0 heterocycles. The second kappa shape index (κ2) is 7.50. The van der Waals surface area contributed by atoms with Crippen LogP contribution in [0.4, 0.5) is 0 Å². The van der Waals surface area contributed by atoms with Gasteiger partial charge in [0.15, 0.2) is 8.32 Å². The van der Waals surface area contributed by atoms with Gasteiger partial charge < -0.3 is 4.43 Å². The van der Waals surface area contributed by atoms with Crippen LogP contribution in [-0.2, 0) is 4.43 Å². The Kier molecular flexibility index (Phi) is 6.63. The Morgan fingerprint density at radius 1 is 1.11 bits per heavy atom. The quantitative estimate of drug-likeness (QED) is 0.382. The van der Waals surface area contributed by atoms with Crippen molar-refractivity contribution in [3.63, 3.8) is 0 Å². The molecule has 0 amide bonds. The summed E-state index contributed by atoms with van der Waals surface area (Å²) in [4.78, 5) is 0. The van der Waals surface area contributed by atoms with Crippen LogP contribution in [0.3, 0.4) is 0 Å². The monoisotopic (exact) mass is 280 g/mol. The number of unbranched alkanes of at least 4 members (excludes halogenated alkanes) is 1. The van der Waals surface area contributed by atoms with E-state index in [-0.39, 0.29) is 0 Å². The lowest BCUT2D eigenvalue weighted by Gasteiger charge is -2.36. The van der Waals surface area contributed by atoms with Gasteiger partial charge in [-0.25, -0.2) is 0 Å². The van der Waals surface area contributed by atoms with Crippen LogP contribution in [-0.4, -0.2) is 14.9 Å². The van der Waals surface area contributed by atoms with Crippen LogP contribution in [0, 0.1) is 17.8 Å². The third-order valence-electron chi connectivity index (χ3n) is 4.63. The fraction of sp³-hybridized carbons (Fsp3) is 0.882. The molecule has 110 valence electrons. The van der Waals surface area contributed by atoms with E-state index >= 15 is 0 Å². The van der Waals surface area contributed by atoms with Crippen molar-refractivity contribution in [2.75, 3.05) is 6.61 Å². The molecule has 1 aliphatic carbocycles. The molecule has 0 saturated heterocycles. The van der Waals surface area contributed by atoms with Crippen molar-refractivity contribution in [3.05, 3.63) is 0 Å². The van der Waals surface area contributed by atoms with Crippen molar-refractivity contribution in [2.45, 2.75) is 83.8 Å². The predicted molar refractivity (Wildman–Crippen MR) is 86.7 cm³/mol. The highest BCUT2D eigenvalue weighted by atomic mass is 28.4. The van der Waals surface area contributed by atoms with Gasteiger partial charge in [-0.1, -0.05) is 46.0 Å². The van der Waals surface area contributed by atoms with E-state index in [4.69, 9.17) is 4.43 Å². The maximum atomic E-state index is 6.16. The summed E-state index contributed by atoms with van der Waals surface area (Å²) >= 11 is 0. The average molecular weight is 281 g/mol. The lowest BCUT2D eigenvalue weighted by atomic mass is 9.90. The minimum Gasteiger partial charge on any atom is -0.417 e. The maximum absolute atomic E-state index is 6.16. The van der Waals surface area contributed by atoms with E-state index in [0.29, 0.717) is 11.0 Å². The summed E-state index contributed by atoms with van der Waals surface area (Å²) in [7, 11) is -1.55. The molecule has 0 aromatic carbocycles. The van der Waals surface area contributed by atoms with Crippen LogP contribution >= 0.6 is 0 Å². The van der Waals surface area contributed by atoms with Crippen molar-refractivity contribution in [2.24, 2.45) is 5.92 Å². The Balaban J connectivity index is 2.16. The molecule has 1 saturated carbocycles. The van der Waals surface area contributed by atoms with Crippen molar-refractivity contribution in [1.82, 2.24) is 0 Å². The van der Waals surface area contributed by atoms with Gasteiger partial charge in [0.25, 0.3) is 0 Å². The second-order valence-corrected chi connectivity index (χ2v) is 12.2. The molecule has 0 aliphatic heterocycles. The first kappa shape index (κ1) is 16.8. The van der Waals surface area contributed by atoms with Crippen LogP contribution in [0.15, 0.2) is 0 Å². The minimum atomic E-state index is -1.55. The van der Waals surface area contributed by atoms with Gasteiger partial charge in [0, 0.05) is 18.9 Å². The molecule has 1 rings (SSSR count). The lowest BCUT2D eigenvalue weighted by Crippen LogP contribution is -2.40. The van der Waals surface area contributed by atoms with Crippen molar-refractivity contribution in [1.29, 1.82) is 0 Å². The van der Waals surface area contributed by atoms with E-state index in [9.17, 15) is 0 Å². The summed E-state index contributed by atoms with van der Waals surface area (Å²) in [6.07, 6.45) is 8.93. The fourth-order valence-electron chi connectivity index (χ4n) is 2.17. The highest BCUT2D eigenvalue weighted by Crippen LogP contribution is 2.36. The van der Waals surface area contributed by atoms with Gasteiger partial charge >= 0.3 is 0 Å². The van der Waals surface area contributed by atoms with Crippen LogP contribution in [0.25, 0.3) is 0 Å². The molecule has 0 aromatic rings. The van der Waals surface area contributed by atoms with Gasteiger partial charge in [-0.3, -0.25) is 0 Å². The van der Waals surface area contributed by atoms with E-state index in [0.717, 1.165) is 19.4 Å². The Morgan fingerprint density at radius 2 is 1.74 bits per heavy atom. The van der Waals surface area contributed by atoms with E-state index < -0.39 is 8.32 Å². The summed E-state index contributed by atoms with van der Waals surface area (Å²) in [5.74, 6) is 7.51. The summed E-state index contributed by atoms with van der Waals surface area (Å²) < 4.78 is 6.16. The number of rotatable bonds is 4. The van der Waals surface area contributed by atoms with E-state index in [1.807, 2.05) is 0 Å². The molecule has 1 aliphatic rings. The van der Waals surface area contributed by atoms with Crippen molar-refractivity contribution >= 4 is 8.32 Å². The van der Waals surface area contributed by atoms with E-state index in [1.54, 1.807) is 0 Å². The fourth-order valence-corrected chi connectivity index (χ4v) is 3.26. The van der Waals surface area contributed by atoms with Crippen molar-refractivity contribution in [3.8, 4) is 11.8 Å². The Morgan fingerprint density at radius 3 is 2.32 bits per heavy atom. The molecule has 0 bridgehead atoms. The summed E-state index contributed by atoms with van der Waals surface area (Å²) in [5, 5.41) is 0.320. The zero-order chi connectivity index (χ0) is 14.4. The normalized spacial score (nSPS) is 17.9. The molecular weight excluding hydrogens is 248 g/mol. The van der Waals surface area contributed by atoms with Gasteiger partial charge in [-0.15, -0.1) is 5.92 Å². The third kappa shape index (κ3) is 6.14. The lowest BCUT2D eigenvalue weighted by molar-refractivity contribution is 0.284. The minimum absolute atomic E-state index is 0.320.